The van der Waals surface area contributed by atoms with Crippen molar-refractivity contribution >= 4 is 16.9 Å². The molecule has 0 spiro atoms. The Morgan fingerprint density at radius 2 is 2.00 bits per heavy atom. The molecule has 4 heteroatoms. The van der Waals surface area contributed by atoms with Gasteiger partial charge in [-0.2, -0.15) is 0 Å². The molecule has 0 aliphatic heterocycles. The SMILES string of the molecule is COC(=O)c1ccc(OC)c2c1ccn2C. The maximum Gasteiger partial charge on any atom is 0.338 e. The van der Waals surface area contributed by atoms with Crippen LogP contribution in [-0.2, 0) is 11.8 Å². The second-order valence-electron chi connectivity index (χ2n) is 3.50. The summed E-state index contributed by atoms with van der Waals surface area (Å²) in [7, 11) is 4.90. The number of ether oxygens (including phenoxy) is 2. The van der Waals surface area contributed by atoms with Crippen molar-refractivity contribution in [2.45, 2.75) is 0 Å². The molecule has 2 aromatic rings. The molecule has 0 fully saturated rings. The third-order valence-corrected chi connectivity index (χ3v) is 2.62. The first-order valence-electron chi connectivity index (χ1n) is 4.89. The van der Waals surface area contributed by atoms with E-state index in [1.54, 1.807) is 19.2 Å². The Labute approximate surface area is 93.4 Å². The van der Waals surface area contributed by atoms with Crippen molar-refractivity contribution in [3.05, 3.63) is 30.0 Å². The quantitative estimate of drug-likeness (QED) is 0.725. The molecule has 2 rings (SSSR count). The third kappa shape index (κ3) is 1.43. The number of hydrogen-bond donors (Lipinski definition) is 0. The Balaban J connectivity index is 2.76. The molecule has 0 aliphatic rings. The molecule has 1 aromatic carbocycles. The minimum absolute atomic E-state index is 0.334. The van der Waals surface area contributed by atoms with Crippen LogP contribution in [0.3, 0.4) is 0 Å². The lowest BCUT2D eigenvalue weighted by Crippen LogP contribution is -2.02. The lowest BCUT2D eigenvalue weighted by atomic mass is 10.1. The Hall–Kier alpha value is -1.97. The van der Waals surface area contributed by atoms with E-state index in [0.717, 1.165) is 16.7 Å². The molecule has 84 valence electrons. The minimum Gasteiger partial charge on any atom is -0.495 e. The first kappa shape index (κ1) is 10.5. The van der Waals surface area contributed by atoms with Gasteiger partial charge in [0.05, 0.1) is 25.3 Å². The minimum atomic E-state index is -0.334. The van der Waals surface area contributed by atoms with Gasteiger partial charge in [0, 0.05) is 18.6 Å². The van der Waals surface area contributed by atoms with Gasteiger partial charge in [-0.25, -0.2) is 4.79 Å². The normalized spacial score (nSPS) is 10.4. The van der Waals surface area contributed by atoms with Gasteiger partial charge in [-0.15, -0.1) is 0 Å². The molecule has 4 nitrogen and oxygen atoms in total. The molecular weight excluding hydrogens is 206 g/mol. The van der Waals surface area contributed by atoms with Crippen LogP contribution in [0.1, 0.15) is 10.4 Å². The first-order chi connectivity index (χ1) is 7.69. The van der Waals surface area contributed by atoms with Crippen LogP contribution in [0, 0.1) is 0 Å². The van der Waals surface area contributed by atoms with Gasteiger partial charge in [-0.1, -0.05) is 0 Å². The summed E-state index contributed by atoms with van der Waals surface area (Å²) in [5, 5.41) is 0.841. The Kier molecular flexibility index (Phi) is 2.56. The lowest BCUT2D eigenvalue weighted by molar-refractivity contribution is 0.0603. The van der Waals surface area contributed by atoms with E-state index >= 15 is 0 Å². The van der Waals surface area contributed by atoms with Crippen LogP contribution in [0.4, 0.5) is 0 Å². The number of fused-ring (bicyclic) bond motifs is 1. The molecule has 1 heterocycles. The van der Waals surface area contributed by atoms with Gasteiger partial charge in [0.1, 0.15) is 5.75 Å². The molecule has 0 bridgehead atoms. The van der Waals surface area contributed by atoms with Gasteiger partial charge in [0.25, 0.3) is 0 Å². The highest BCUT2D eigenvalue weighted by atomic mass is 16.5. The number of hydrogen-bond acceptors (Lipinski definition) is 3. The van der Waals surface area contributed by atoms with E-state index in [9.17, 15) is 4.79 Å². The highest BCUT2D eigenvalue weighted by Crippen LogP contribution is 2.29. The molecule has 0 saturated carbocycles. The van der Waals surface area contributed by atoms with Crippen molar-refractivity contribution < 1.29 is 14.3 Å². The highest BCUT2D eigenvalue weighted by molar-refractivity contribution is 6.05. The molecule has 1 aromatic heterocycles. The zero-order chi connectivity index (χ0) is 11.7. The van der Waals surface area contributed by atoms with Gasteiger partial charge < -0.3 is 14.0 Å². The number of esters is 1. The summed E-state index contributed by atoms with van der Waals surface area (Å²) in [6, 6.07) is 5.37. The zero-order valence-electron chi connectivity index (χ0n) is 9.48. The predicted octanol–water partition coefficient (Wildman–Crippen LogP) is 1.97. The summed E-state index contributed by atoms with van der Waals surface area (Å²) in [5.74, 6) is 0.411. The lowest BCUT2D eigenvalue weighted by Gasteiger charge is -2.07. The van der Waals surface area contributed by atoms with Gasteiger partial charge in [0.2, 0.25) is 0 Å². The van der Waals surface area contributed by atoms with Crippen LogP contribution < -0.4 is 4.74 Å². The molecule has 0 N–H and O–H groups in total. The number of methoxy groups -OCH3 is 2. The van der Waals surface area contributed by atoms with Crippen molar-refractivity contribution in [3.63, 3.8) is 0 Å². The average Bonchev–Trinajstić information content (AvgIpc) is 2.70. The van der Waals surface area contributed by atoms with Crippen LogP contribution in [0.2, 0.25) is 0 Å². The van der Waals surface area contributed by atoms with Crippen molar-refractivity contribution in [1.82, 2.24) is 4.57 Å². The Morgan fingerprint density at radius 3 is 2.62 bits per heavy atom. The fourth-order valence-electron chi connectivity index (χ4n) is 1.83. The standard InChI is InChI=1S/C12H13NO3/c1-13-7-6-8-9(12(14)16-3)4-5-10(15-2)11(8)13/h4-7H,1-3H3. The fourth-order valence-corrected chi connectivity index (χ4v) is 1.83. The van der Waals surface area contributed by atoms with Crippen LogP contribution >= 0.6 is 0 Å². The van der Waals surface area contributed by atoms with Gasteiger partial charge in [-0.05, 0) is 18.2 Å². The van der Waals surface area contributed by atoms with E-state index < -0.39 is 0 Å². The van der Waals surface area contributed by atoms with Crippen molar-refractivity contribution in [2.24, 2.45) is 7.05 Å². The van der Waals surface area contributed by atoms with E-state index in [0.29, 0.717) is 5.56 Å². The number of aromatic nitrogens is 1. The molecular formula is C12H13NO3. The molecule has 0 atom stereocenters. The summed E-state index contributed by atoms with van der Waals surface area (Å²) < 4.78 is 11.9. The van der Waals surface area contributed by atoms with Crippen molar-refractivity contribution in [1.29, 1.82) is 0 Å². The molecule has 0 amide bonds. The molecule has 16 heavy (non-hydrogen) atoms. The molecule has 0 aliphatic carbocycles. The smallest absolute Gasteiger partial charge is 0.338 e. The number of carbonyl (C=O) groups excluding carboxylic acids is 1. The summed E-state index contributed by atoms with van der Waals surface area (Å²) in [4.78, 5) is 11.6. The van der Waals surface area contributed by atoms with E-state index in [2.05, 4.69) is 0 Å². The van der Waals surface area contributed by atoms with Crippen LogP contribution in [-0.4, -0.2) is 24.8 Å². The molecule has 0 saturated heterocycles. The van der Waals surface area contributed by atoms with E-state index in [4.69, 9.17) is 9.47 Å². The van der Waals surface area contributed by atoms with Gasteiger partial charge in [-0.3, -0.25) is 0 Å². The topological polar surface area (TPSA) is 40.5 Å². The average molecular weight is 219 g/mol. The van der Waals surface area contributed by atoms with E-state index in [1.165, 1.54) is 7.11 Å². The van der Waals surface area contributed by atoms with Crippen molar-refractivity contribution in [3.8, 4) is 5.75 Å². The highest BCUT2D eigenvalue weighted by Gasteiger charge is 2.15. The monoisotopic (exact) mass is 219 g/mol. The summed E-state index contributed by atoms with van der Waals surface area (Å²) in [6.07, 6.45) is 1.89. The number of benzene rings is 1. The van der Waals surface area contributed by atoms with E-state index in [-0.39, 0.29) is 5.97 Å². The van der Waals surface area contributed by atoms with Crippen LogP contribution in [0.5, 0.6) is 5.75 Å². The summed E-state index contributed by atoms with van der Waals surface area (Å²) in [5.41, 5.74) is 1.45. The zero-order valence-corrected chi connectivity index (χ0v) is 9.48. The summed E-state index contributed by atoms with van der Waals surface area (Å²) >= 11 is 0. The third-order valence-electron chi connectivity index (χ3n) is 2.62. The maximum absolute atomic E-state index is 11.6. The van der Waals surface area contributed by atoms with Crippen molar-refractivity contribution in [2.75, 3.05) is 14.2 Å². The largest absolute Gasteiger partial charge is 0.495 e. The van der Waals surface area contributed by atoms with E-state index in [1.807, 2.05) is 23.9 Å². The fraction of sp³-hybridized carbons (Fsp3) is 0.250. The second-order valence-corrected chi connectivity index (χ2v) is 3.50. The molecule has 0 radical (unpaired) electrons. The second kappa shape index (κ2) is 3.89. The van der Waals surface area contributed by atoms with Crippen LogP contribution in [0.15, 0.2) is 24.4 Å². The predicted molar refractivity (Wildman–Crippen MR) is 60.8 cm³/mol. The Bertz CT molecular complexity index is 542. The number of rotatable bonds is 2. The van der Waals surface area contributed by atoms with Gasteiger partial charge >= 0.3 is 5.97 Å². The number of nitrogens with zero attached hydrogens (tertiary/aromatic N) is 1. The number of aryl methyl sites for hydroxylation is 1. The molecule has 0 unspecified atom stereocenters. The summed E-state index contributed by atoms with van der Waals surface area (Å²) in [6.45, 7) is 0. The number of carbonyl (C=O) groups is 1. The van der Waals surface area contributed by atoms with Gasteiger partial charge in [0.15, 0.2) is 0 Å². The first-order valence-corrected chi connectivity index (χ1v) is 4.89. The maximum atomic E-state index is 11.6. The van der Waals surface area contributed by atoms with Crippen LogP contribution in [0.25, 0.3) is 10.9 Å². The Morgan fingerprint density at radius 1 is 1.25 bits per heavy atom.